The minimum absolute atomic E-state index is 0.0245. The summed E-state index contributed by atoms with van der Waals surface area (Å²) < 4.78 is 32.4. The molecule has 116 valence electrons. The van der Waals surface area contributed by atoms with Crippen LogP contribution in [0.5, 0.6) is 0 Å². The smallest absolute Gasteiger partial charge is 0.242 e. The summed E-state index contributed by atoms with van der Waals surface area (Å²) in [5.41, 5.74) is 6.02. The fourth-order valence-electron chi connectivity index (χ4n) is 2.18. The molecule has 0 bridgehead atoms. The first-order chi connectivity index (χ1) is 9.90. The lowest BCUT2D eigenvalue weighted by Gasteiger charge is -2.12. The van der Waals surface area contributed by atoms with Gasteiger partial charge in [0.1, 0.15) is 9.88 Å². The zero-order valence-electron chi connectivity index (χ0n) is 11.3. The number of ether oxygens (including phenoxy) is 1. The second-order valence-corrected chi connectivity index (χ2v) is 7.41. The van der Waals surface area contributed by atoms with Crippen molar-refractivity contribution < 1.29 is 13.2 Å². The van der Waals surface area contributed by atoms with Crippen LogP contribution in [0.25, 0.3) is 0 Å². The lowest BCUT2D eigenvalue weighted by atomic mass is 10.2. The van der Waals surface area contributed by atoms with Crippen LogP contribution in [0, 0.1) is 0 Å². The topological polar surface area (TPSA) is 81.4 Å². The molecule has 1 unspecified atom stereocenters. The average Bonchev–Trinajstić information content (AvgIpc) is 2.91. The normalized spacial score (nSPS) is 18.8. The highest BCUT2D eigenvalue weighted by atomic mass is 35.5. The summed E-state index contributed by atoms with van der Waals surface area (Å²) in [6.07, 6.45) is 2.80. The number of nitrogens with one attached hydrogen (secondary N) is 1. The third kappa shape index (κ3) is 4.37. The second kappa shape index (κ2) is 7.02. The van der Waals surface area contributed by atoms with Gasteiger partial charge in [0.15, 0.2) is 0 Å². The summed E-state index contributed by atoms with van der Waals surface area (Å²) in [5.74, 6) is 0. The summed E-state index contributed by atoms with van der Waals surface area (Å²) >= 11 is 10.8. The summed E-state index contributed by atoms with van der Waals surface area (Å²) in [6, 6.07) is 4.41. The van der Waals surface area contributed by atoms with Crippen LogP contribution in [0.4, 0.5) is 0 Å². The quantitative estimate of drug-likeness (QED) is 0.766. The second-order valence-electron chi connectivity index (χ2n) is 4.83. The lowest BCUT2D eigenvalue weighted by Crippen LogP contribution is -2.27. The van der Waals surface area contributed by atoms with Crippen molar-refractivity contribution in [2.24, 2.45) is 5.73 Å². The maximum atomic E-state index is 12.2. The van der Waals surface area contributed by atoms with E-state index in [2.05, 4.69) is 4.72 Å². The van der Waals surface area contributed by atoms with Crippen LogP contribution in [0.15, 0.2) is 23.1 Å². The minimum Gasteiger partial charge on any atom is -0.389 e. The predicted octanol–water partition coefficient (Wildman–Crippen LogP) is 1.82. The first kappa shape index (κ1) is 16.6. The van der Waals surface area contributed by atoms with Crippen LogP contribution >= 0.6 is 23.8 Å². The Bertz CT molecular complexity index is 628. The van der Waals surface area contributed by atoms with Gasteiger partial charge in [-0.25, -0.2) is 13.1 Å². The monoisotopic (exact) mass is 348 g/mol. The summed E-state index contributed by atoms with van der Waals surface area (Å²) in [6.45, 7) is 1.07. The molecule has 0 aliphatic carbocycles. The van der Waals surface area contributed by atoms with Gasteiger partial charge in [-0.2, -0.15) is 0 Å². The van der Waals surface area contributed by atoms with Crippen molar-refractivity contribution in [1.82, 2.24) is 4.72 Å². The molecule has 0 saturated carbocycles. The molecule has 1 saturated heterocycles. The molecule has 1 heterocycles. The molecule has 8 heteroatoms. The van der Waals surface area contributed by atoms with E-state index in [1.807, 2.05) is 0 Å². The molecule has 0 amide bonds. The van der Waals surface area contributed by atoms with Gasteiger partial charge in [0, 0.05) is 18.7 Å². The zero-order valence-corrected chi connectivity index (χ0v) is 13.7. The van der Waals surface area contributed by atoms with Crippen LogP contribution in [0.1, 0.15) is 24.8 Å². The van der Waals surface area contributed by atoms with E-state index in [9.17, 15) is 8.42 Å². The first-order valence-electron chi connectivity index (χ1n) is 6.61. The van der Waals surface area contributed by atoms with Crippen LogP contribution in [-0.2, 0) is 14.8 Å². The van der Waals surface area contributed by atoms with Gasteiger partial charge in [0.2, 0.25) is 10.0 Å². The van der Waals surface area contributed by atoms with E-state index in [1.165, 1.54) is 12.1 Å². The number of rotatable bonds is 6. The van der Waals surface area contributed by atoms with Crippen molar-refractivity contribution >= 4 is 38.8 Å². The van der Waals surface area contributed by atoms with E-state index < -0.39 is 10.0 Å². The van der Waals surface area contributed by atoms with E-state index in [-0.39, 0.29) is 21.0 Å². The third-order valence-corrected chi connectivity index (χ3v) is 5.47. The Balaban J connectivity index is 2.03. The Hall–Kier alpha value is -0.730. The van der Waals surface area contributed by atoms with Crippen molar-refractivity contribution in [3.05, 3.63) is 28.8 Å². The van der Waals surface area contributed by atoms with Gasteiger partial charge < -0.3 is 10.5 Å². The summed E-state index contributed by atoms with van der Waals surface area (Å²) in [7, 11) is -3.65. The Kier molecular flexibility index (Phi) is 5.56. The zero-order chi connectivity index (χ0) is 15.5. The maximum absolute atomic E-state index is 12.2. The molecule has 1 aromatic carbocycles. The highest BCUT2D eigenvalue weighted by molar-refractivity contribution is 7.89. The van der Waals surface area contributed by atoms with Crippen LogP contribution in [0.3, 0.4) is 0 Å². The van der Waals surface area contributed by atoms with Crippen LogP contribution in [0.2, 0.25) is 5.02 Å². The van der Waals surface area contributed by atoms with Gasteiger partial charge in [-0.15, -0.1) is 0 Å². The van der Waals surface area contributed by atoms with Crippen molar-refractivity contribution in [1.29, 1.82) is 0 Å². The molecule has 0 spiro atoms. The standard InChI is InChI=1S/C13H17ClN2O3S2/c14-11-8-9(13(15)20)3-4-12(11)21(17,18)16-6-5-10-2-1-7-19-10/h3-4,8,10,16H,1-2,5-7H2,(H2,15,20). The number of nitrogens with two attached hydrogens (primary N) is 1. The van der Waals surface area contributed by atoms with Gasteiger partial charge in [-0.1, -0.05) is 29.9 Å². The molecule has 1 aliphatic heterocycles. The van der Waals surface area contributed by atoms with E-state index in [1.54, 1.807) is 6.07 Å². The van der Waals surface area contributed by atoms with Gasteiger partial charge in [-0.3, -0.25) is 0 Å². The Morgan fingerprint density at radius 3 is 2.86 bits per heavy atom. The maximum Gasteiger partial charge on any atom is 0.242 e. The number of benzene rings is 1. The first-order valence-corrected chi connectivity index (χ1v) is 8.88. The van der Waals surface area contributed by atoms with Gasteiger partial charge >= 0.3 is 0 Å². The van der Waals surface area contributed by atoms with E-state index in [4.69, 9.17) is 34.3 Å². The highest BCUT2D eigenvalue weighted by Crippen LogP contribution is 2.23. The number of sulfonamides is 1. The van der Waals surface area contributed by atoms with Crippen molar-refractivity contribution in [3.8, 4) is 0 Å². The Morgan fingerprint density at radius 1 is 1.52 bits per heavy atom. The number of halogens is 1. The predicted molar refractivity (Wildman–Crippen MR) is 86.1 cm³/mol. The van der Waals surface area contributed by atoms with Crippen molar-refractivity contribution in [2.75, 3.05) is 13.2 Å². The average molecular weight is 349 g/mol. The molecule has 21 heavy (non-hydrogen) atoms. The van der Waals surface area contributed by atoms with E-state index in [0.29, 0.717) is 18.5 Å². The lowest BCUT2D eigenvalue weighted by molar-refractivity contribution is 0.105. The summed E-state index contributed by atoms with van der Waals surface area (Å²) in [5, 5.41) is 0.102. The number of thiocarbonyl (C=S) groups is 1. The fraction of sp³-hybridized carbons (Fsp3) is 0.462. The molecule has 1 aliphatic rings. The molecule has 1 atom stereocenters. The van der Waals surface area contributed by atoms with Crippen molar-refractivity contribution in [2.45, 2.75) is 30.3 Å². The molecule has 1 fully saturated rings. The molecule has 5 nitrogen and oxygen atoms in total. The Labute approximate surface area is 134 Å². The van der Waals surface area contributed by atoms with Gasteiger partial charge in [0.05, 0.1) is 11.1 Å². The summed E-state index contributed by atoms with van der Waals surface area (Å²) in [4.78, 5) is 0.198. The molecule has 2 rings (SSSR count). The minimum atomic E-state index is -3.65. The molecular weight excluding hydrogens is 332 g/mol. The van der Waals surface area contributed by atoms with Gasteiger partial charge in [0.25, 0.3) is 0 Å². The Morgan fingerprint density at radius 2 is 2.29 bits per heavy atom. The van der Waals surface area contributed by atoms with Crippen LogP contribution in [-0.4, -0.2) is 32.7 Å². The SMILES string of the molecule is NC(=S)c1ccc(S(=O)(=O)NCCC2CCCO2)c(Cl)c1. The fourth-order valence-corrected chi connectivity index (χ4v) is 3.89. The van der Waals surface area contributed by atoms with E-state index in [0.717, 1.165) is 19.4 Å². The van der Waals surface area contributed by atoms with E-state index >= 15 is 0 Å². The van der Waals surface area contributed by atoms with Crippen molar-refractivity contribution in [3.63, 3.8) is 0 Å². The third-order valence-electron chi connectivity index (χ3n) is 3.29. The molecular formula is C13H17ClN2O3S2. The molecule has 0 aromatic heterocycles. The number of hydrogen-bond acceptors (Lipinski definition) is 4. The highest BCUT2D eigenvalue weighted by Gasteiger charge is 2.20. The van der Waals surface area contributed by atoms with Gasteiger partial charge in [-0.05, 0) is 31.4 Å². The molecule has 1 aromatic rings. The van der Waals surface area contributed by atoms with Crippen LogP contribution < -0.4 is 10.5 Å². The number of hydrogen-bond donors (Lipinski definition) is 2. The molecule has 0 radical (unpaired) electrons. The molecule has 3 N–H and O–H groups in total. The largest absolute Gasteiger partial charge is 0.389 e.